The molecule has 3 heterocycles. The number of halogens is 2. The second-order valence-electron chi connectivity index (χ2n) is 9.26. The largest absolute Gasteiger partial charge is 0.350 e. The number of benzene rings is 2. The molecule has 5 rings (SSSR count). The first-order valence-corrected chi connectivity index (χ1v) is 12.0. The minimum Gasteiger partial charge on any atom is -0.350 e. The van der Waals surface area contributed by atoms with Crippen LogP contribution >= 0.6 is 11.6 Å². The zero-order valence-corrected chi connectivity index (χ0v) is 20.4. The molecule has 180 valence electrons. The predicted molar refractivity (Wildman–Crippen MR) is 133 cm³/mol. The van der Waals surface area contributed by atoms with Gasteiger partial charge in [-0.25, -0.2) is 9.37 Å². The van der Waals surface area contributed by atoms with E-state index < -0.39 is 0 Å². The summed E-state index contributed by atoms with van der Waals surface area (Å²) in [5.74, 6) is 0.218. The Bertz CT molecular complexity index is 1420. The van der Waals surface area contributed by atoms with Gasteiger partial charge in [-0.3, -0.25) is 9.59 Å². The number of aromatic nitrogens is 3. The van der Waals surface area contributed by atoms with E-state index in [1.165, 1.54) is 12.1 Å². The number of likely N-dealkylation sites (tertiary alicyclic amines) is 1. The van der Waals surface area contributed by atoms with E-state index in [1.54, 1.807) is 42.3 Å². The van der Waals surface area contributed by atoms with Gasteiger partial charge >= 0.3 is 0 Å². The molecule has 1 fully saturated rings. The Balaban J connectivity index is 1.36. The van der Waals surface area contributed by atoms with Crippen LogP contribution in [0.5, 0.6) is 0 Å². The van der Waals surface area contributed by atoms with Gasteiger partial charge in [0, 0.05) is 51.2 Å². The van der Waals surface area contributed by atoms with E-state index in [-0.39, 0.29) is 17.5 Å². The molecule has 1 amide bonds. The van der Waals surface area contributed by atoms with Crippen LogP contribution in [0, 0.1) is 11.7 Å². The zero-order chi connectivity index (χ0) is 24.7. The van der Waals surface area contributed by atoms with Crippen LogP contribution in [0.15, 0.2) is 55.0 Å². The summed E-state index contributed by atoms with van der Waals surface area (Å²) >= 11 is 6.56. The Morgan fingerprint density at radius 2 is 1.77 bits per heavy atom. The van der Waals surface area contributed by atoms with Gasteiger partial charge in [-0.15, -0.1) is 0 Å². The highest BCUT2D eigenvalue weighted by Crippen LogP contribution is 2.31. The summed E-state index contributed by atoms with van der Waals surface area (Å²) in [6.45, 7) is 1.26. The minimum absolute atomic E-state index is 0.128. The van der Waals surface area contributed by atoms with E-state index >= 15 is 0 Å². The number of amides is 1. The van der Waals surface area contributed by atoms with E-state index in [0.29, 0.717) is 46.4 Å². The fourth-order valence-corrected chi connectivity index (χ4v) is 5.16. The van der Waals surface area contributed by atoms with Crippen molar-refractivity contribution >= 4 is 34.2 Å². The lowest BCUT2D eigenvalue weighted by Gasteiger charge is -2.32. The van der Waals surface area contributed by atoms with Crippen molar-refractivity contribution in [2.45, 2.75) is 19.3 Å². The molecular formula is C27H26ClFN4O2. The van der Waals surface area contributed by atoms with Crippen LogP contribution in [0.1, 0.15) is 44.9 Å². The van der Waals surface area contributed by atoms with E-state index in [0.717, 1.165) is 30.3 Å². The van der Waals surface area contributed by atoms with E-state index in [9.17, 15) is 14.0 Å². The molecule has 1 saturated heterocycles. The highest BCUT2D eigenvalue weighted by Gasteiger charge is 2.27. The van der Waals surface area contributed by atoms with Gasteiger partial charge in [0.25, 0.3) is 5.91 Å². The SMILES string of the molecule is Cn1ccnc1C(=O)c1cn(C)c2cc(Cl)c(C(=O)N3CCC(Cc4ccc(F)cc4)CC3)cc12. The van der Waals surface area contributed by atoms with Crippen molar-refractivity contribution in [2.24, 2.45) is 20.0 Å². The molecule has 2 aromatic heterocycles. The monoisotopic (exact) mass is 492 g/mol. The second-order valence-corrected chi connectivity index (χ2v) is 9.67. The second kappa shape index (κ2) is 9.30. The maximum Gasteiger partial charge on any atom is 0.255 e. The van der Waals surface area contributed by atoms with E-state index in [2.05, 4.69) is 4.98 Å². The third kappa shape index (κ3) is 4.48. The van der Waals surface area contributed by atoms with Crippen molar-refractivity contribution in [3.05, 3.63) is 88.3 Å². The van der Waals surface area contributed by atoms with Crippen LogP contribution in [-0.4, -0.2) is 43.8 Å². The molecule has 0 bridgehead atoms. The van der Waals surface area contributed by atoms with Crippen LogP contribution < -0.4 is 0 Å². The van der Waals surface area contributed by atoms with Gasteiger partial charge in [-0.2, -0.15) is 0 Å². The summed E-state index contributed by atoms with van der Waals surface area (Å²) < 4.78 is 16.7. The van der Waals surface area contributed by atoms with Gasteiger partial charge in [-0.1, -0.05) is 23.7 Å². The lowest BCUT2D eigenvalue weighted by Crippen LogP contribution is -2.39. The van der Waals surface area contributed by atoms with Crippen molar-refractivity contribution in [3.63, 3.8) is 0 Å². The number of carbonyl (C=O) groups is 2. The number of carbonyl (C=O) groups excluding carboxylic acids is 2. The predicted octanol–water partition coefficient (Wildman–Crippen LogP) is 5.03. The van der Waals surface area contributed by atoms with Gasteiger partial charge in [0.2, 0.25) is 5.78 Å². The summed E-state index contributed by atoms with van der Waals surface area (Å²) in [7, 11) is 3.62. The number of fused-ring (bicyclic) bond motifs is 1. The summed E-state index contributed by atoms with van der Waals surface area (Å²) in [6.07, 6.45) is 7.69. The Labute approximate surface area is 207 Å². The van der Waals surface area contributed by atoms with Crippen LogP contribution in [0.3, 0.4) is 0 Å². The third-order valence-corrected chi connectivity index (χ3v) is 7.23. The first-order valence-electron chi connectivity index (χ1n) is 11.7. The van der Waals surface area contributed by atoms with Gasteiger partial charge in [0.05, 0.1) is 21.7 Å². The zero-order valence-electron chi connectivity index (χ0n) is 19.7. The molecule has 0 unspecified atom stereocenters. The number of hydrogen-bond donors (Lipinski definition) is 0. The molecule has 1 aliphatic rings. The molecule has 0 spiro atoms. The molecule has 0 atom stereocenters. The summed E-state index contributed by atoms with van der Waals surface area (Å²) in [5, 5.41) is 1.05. The molecule has 0 N–H and O–H groups in total. The molecule has 2 aromatic carbocycles. The lowest BCUT2D eigenvalue weighted by molar-refractivity contribution is 0.0690. The average molecular weight is 493 g/mol. The normalized spacial score (nSPS) is 14.6. The first-order chi connectivity index (χ1) is 16.8. The highest BCUT2D eigenvalue weighted by molar-refractivity contribution is 6.35. The number of rotatable bonds is 5. The minimum atomic E-state index is -0.230. The fourth-order valence-electron chi connectivity index (χ4n) is 4.92. The topological polar surface area (TPSA) is 60.1 Å². The Morgan fingerprint density at radius 3 is 2.43 bits per heavy atom. The quantitative estimate of drug-likeness (QED) is 0.367. The van der Waals surface area contributed by atoms with Crippen molar-refractivity contribution < 1.29 is 14.0 Å². The maximum atomic E-state index is 13.4. The third-order valence-electron chi connectivity index (χ3n) is 6.92. The van der Waals surface area contributed by atoms with Crippen molar-refractivity contribution in [1.29, 1.82) is 0 Å². The molecule has 0 radical (unpaired) electrons. The Kier molecular flexibility index (Phi) is 6.19. The number of hydrogen-bond acceptors (Lipinski definition) is 3. The molecule has 6 nitrogen and oxygen atoms in total. The van der Waals surface area contributed by atoms with Gasteiger partial charge < -0.3 is 14.0 Å². The number of imidazole rings is 1. The Hall–Kier alpha value is -3.45. The van der Waals surface area contributed by atoms with Crippen molar-refractivity contribution in [2.75, 3.05) is 13.1 Å². The number of piperidine rings is 1. The lowest BCUT2D eigenvalue weighted by atomic mass is 9.90. The fraction of sp³-hybridized carbons (Fsp3) is 0.296. The number of nitrogens with zero attached hydrogens (tertiary/aromatic N) is 4. The molecule has 0 aliphatic carbocycles. The molecule has 1 aliphatic heterocycles. The molecule has 4 aromatic rings. The van der Waals surface area contributed by atoms with Gasteiger partial charge in [0.15, 0.2) is 5.82 Å². The van der Waals surface area contributed by atoms with E-state index in [1.807, 2.05) is 28.6 Å². The van der Waals surface area contributed by atoms with Gasteiger partial charge in [-0.05, 0) is 55.0 Å². The Morgan fingerprint density at radius 1 is 1.06 bits per heavy atom. The molecule has 0 saturated carbocycles. The summed E-state index contributed by atoms with van der Waals surface area (Å²) in [4.78, 5) is 32.6. The van der Waals surface area contributed by atoms with Crippen molar-refractivity contribution in [3.8, 4) is 0 Å². The molecule has 35 heavy (non-hydrogen) atoms. The van der Waals surface area contributed by atoms with Crippen LogP contribution in [0.25, 0.3) is 10.9 Å². The standard InChI is InChI=1S/C27H26ClFN4O2/c1-31-12-9-30-26(31)25(34)22-16-32(2)24-15-23(28)21(14-20(22)24)27(35)33-10-7-18(8-11-33)13-17-3-5-19(29)6-4-17/h3-6,9,12,14-16,18H,7-8,10-11,13H2,1-2H3. The summed E-state index contributed by atoms with van der Waals surface area (Å²) in [5.41, 5.74) is 2.78. The number of aryl methyl sites for hydroxylation is 2. The molecular weight excluding hydrogens is 467 g/mol. The first kappa shape index (κ1) is 23.3. The van der Waals surface area contributed by atoms with Gasteiger partial charge in [0.1, 0.15) is 5.82 Å². The van der Waals surface area contributed by atoms with E-state index in [4.69, 9.17) is 11.6 Å². The smallest absolute Gasteiger partial charge is 0.255 e. The van der Waals surface area contributed by atoms with Crippen molar-refractivity contribution in [1.82, 2.24) is 19.0 Å². The van der Waals surface area contributed by atoms with Crippen LogP contribution in [0.2, 0.25) is 5.02 Å². The maximum absolute atomic E-state index is 13.4. The summed E-state index contributed by atoms with van der Waals surface area (Å²) in [6, 6.07) is 10.1. The highest BCUT2D eigenvalue weighted by atomic mass is 35.5. The van der Waals surface area contributed by atoms with Crippen LogP contribution in [0.4, 0.5) is 4.39 Å². The average Bonchev–Trinajstić information content (AvgIpc) is 3.42. The van der Waals surface area contributed by atoms with Crippen LogP contribution in [-0.2, 0) is 20.5 Å². The molecule has 8 heteroatoms. The number of ketones is 1.